The lowest BCUT2D eigenvalue weighted by molar-refractivity contribution is 0.0844. The van der Waals surface area contributed by atoms with E-state index in [2.05, 4.69) is 44.1 Å². The number of nitrogens with one attached hydrogen (secondary N) is 1. The van der Waals surface area contributed by atoms with Gasteiger partial charge in [0.15, 0.2) is 0 Å². The van der Waals surface area contributed by atoms with Gasteiger partial charge >= 0.3 is 0 Å². The van der Waals surface area contributed by atoms with Crippen molar-refractivity contribution in [2.75, 3.05) is 6.54 Å². The van der Waals surface area contributed by atoms with Crippen molar-refractivity contribution in [2.24, 2.45) is 5.92 Å². The summed E-state index contributed by atoms with van der Waals surface area (Å²) in [4.78, 5) is 4.69. The van der Waals surface area contributed by atoms with Crippen LogP contribution in [0, 0.1) is 19.8 Å². The van der Waals surface area contributed by atoms with Crippen LogP contribution in [-0.2, 0) is 6.54 Å². The molecule has 1 fully saturated rings. The zero-order valence-electron chi connectivity index (χ0n) is 14.0. The Balaban J connectivity index is 2.20. The molecule has 1 saturated carbocycles. The molecule has 0 aliphatic heterocycles. The lowest BCUT2D eigenvalue weighted by Crippen LogP contribution is -2.31. The van der Waals surface area contributed by atoms with Crippen molar-refractivity contribution in [1.82, 2.24) is 10.3 Å². The summed E-state index contributed by atoms with van der Waals surface area (Å²) in [6.07, 6.45) is 6.66. The largest absolute Gasteiger partial charge is 0.474 e. The molecular formula is C18H30N2O. The summed E-state index contributed by atoms with van der Waals surface area (Å²) < 4.78 is 6.40. The van der Waals surface area contributed by atoms with Gasteiger partial charge in [-0.1, -0.05) is 20.3 Å². The van der Waals surface area contributed by atoms with Gasteiger partial charge in [-0.15, -0.1) is 0 Å². The number of nitrogens with zero attached hydrogens (tertiary/aromatic N) is 1. The van der Waals surface area contributed by atoms with Gasteiger partial charge < -0.3 is 10.1 Å². The molecule has 0 saturated heterocycles. The van der Waals surface area contributed by atoms with E-state index in [1.54, 1.807) is 0 Å². The first kappa shape index (κ1) is 16.3. The Bertz CT molecular complexity index is 459. The average Bonchev–Trinajstić information content (AvgIpc) is 2.47. The average molecular weight is 290 g/mol. The van der Waals surface area contributed by atoms with Gasteiger partial charge in [0.2, 0.25) is 5.88 Å². The van der Waals surface area contributed by atoms with Gasteiger partial charge in [0.25, 0.3) is 0 Å². The number of rotatable bonds is 6. The van der Waals surface area contributed by atoms with E-state index in [1.165, 1.54) is 43.2 Å². The summed E-state index contributed by atoms with van der Waals surface area (Å²) in [6, 6.07) is 2.15. The van der Waals surface area contributed by atoms with Crippen LogP contribution in [0.1, 0.15) is 62.8 Å². The molecule has 2 rings (SSSR count). The van der Waals surface area contributed by atoms with Crippen LogP contribution in [0.2, 0.25) is 0 Å². The fraction of sp³-hybridized carbons (Fsp3) is 0.722. The molecule has 1 aliphatic carbocycles. The fourth-order valence-corrected chi connectivity index (χ4v) is 3.33. The van der Waals surface area contributed by atoms with Crippen LogP contribution >= 0.6 is 0 Å². The van der Waals surface area contributed by atoms with E-state index in [9.17, 15) is 0 Å². The minimum Gasteiger partial charge on any atom is -0.474 e. The summed E-state index contributed by atoms with van der Waals surface area (Å²) in [5, 5.41) is 3.41. The lowest BCUT2D eigenvalue weighted by atomic mass is 9.85. The summed E-state index contributed by atoms with van der Waals surface area (Å²) in [5.74, 6) is 1.55. The van der Waals surface area contributed by atoms with Gasteiger partial charge in [-0.25, -0.2) is 4.98 Å². The highest BCUT2D eigenvalue weighted by molar-refractivity contribution is 5.36. The van der Waals surface area contributed by atoms with Crippen LogP contribution in [0.25, 0.3) is 0 Å². The highest BCUT2D eigenvalue weighted by atomic mass is 16.5. The molecule has 0 spiro atoms. The topological polar surface area (TPSA) is 34.2 Å². The summed E-state index contributed by atoms with van der Waals surface area (Å²) in [6.45, 7) is 10.4. The first-order valence-electron chi connectivity index (χ1n) is 8.50. The highest BCUT2D eigenvalue weighted by Crippen LogP contribution is 2.32. The van der Waals surface area contributed by atoms with Crippen molar-refractivity contribution in [3.63, 3.8) is 0 Å². The van der Waals surface area contributed by atoms with Crippen molar-refractivity contribution >= 4 is 0 Å². The molecule has 3 heteroatoms. The maximum Gasteiger partial charge on any atom is 0.218 e. The summed E-state index contributed by atoms with van der Waals surface area (Å²) in [7, 11) is 0. The van der Waals surface area contributed by atoms with E-state index in [1.807, 2.05) is 0 Å². The molecule has 0 amide bonds. The number of pyridine rings is 1. The molecule has 1 aromatic rings. The lowest BCUT2D eigenvalue weighted by Gasteiger charge is -2.31. The van der Waals surface area contributed by atoms with Gasteiger partial charge in [-0.3, -0.25) is 0 Å². The summed E-state index contributed by atoms with van der Waals surface area (Å²) >= 11 is 0. The summed E-state index contributed by atoms with van der Waals surface area (Å²) in [5.41, 5.74) is 3.55. The minimum absolute atomic E-state index is 0.345. The van der Waals surface area contributed by atoms with Crippen molar-refractivity contribution in [3.8, 4) is 5.88 Å². The second-order valence-electron chi connectivity index (χ2n) is 6.25. The third-order valence-electron chi connectivity index (χ3n) is 4.62. The number of hydrogen-bond acceptors (Lipinski definition) is 3. The van der Waals surface area contributed by atoms with Crippen molar-refractivity contribution in [3.05, 3.63) is 22.9 Å². The smallest absolute Gasteiger partial charge is 0.218 e. The van der Waals surface area contributed by atoms with E-state index >= 15 is 0 Å². The Morgan fingerprint density at radius 3 is 2.71 bits per heavy atom. The highest BCUT2D eigenvalue weighted by Gasteiger charge is 2.26. The van der Waals surface area contributed by atoms with E-state index in [0.29, 0.717) is 12.0 Å². The van der Waals surface area contributed by atoms with Crippen LogP contribution < -0.4 is 10.1 Å². The Hall–Kier alpha value is -1.09. The Kier molecular flexibility index (Phi) is 6.04. The number of aromatic nitrogens is 1. The third-order valence-corrected chi connectivity index (χ3v) is 4.62. The SMILES string of the molecule is CCNCc1c(C)cc(C)nc1OC1CCCCC1CC. The maximum absolute atomic E-state index is 6.40. The van der Waals surface area contributed by atoms with E-state index in [-0.39, 0.29) is 0 Å². The second kappa shape index (κ2) is 7.79. The van der Waals surface area contributed by atoms with Crippen molar-refractivity contribution in [1.29, 1.82) is 0 Å². The Morgan fingerprint density at radius 1 is 1.24 bits per heavy atom. The van der Waals surface area contributed by atoms with Crippen LogP contribution in [0.5, 0.6) is 5.88 Å². The van der Waals surface area contributed by atoms with Gasteiger partial charge in [0.05, 0.1) is 0 Å². The van der Waals surface area contributed by atoms with Crippen LogP contribution in [0.15, 0.2) is 6.07 Å². The van der Waals surface area contributed by atoms with E-state index < -0.39 is 0 Å². The van der Waals surface area contributed by atoms with Gasteiger partial charge in [0.1, 0.15) is 6.10 Å². The molecule has 2 atom stereocenters. The van der Waals surface area contributed by atoms with Gasteiger partial charge in [0, 0.05) is 17.8 Å². The van der Waals surface area contributed by atoms with Gasteiger partial charge in [-0.05, 0) is 63.6 Å². The molecule has 1 heterocycles. The minimum atomic E-state index is 0.345. The molecule has 0 bridgehead atoms. The molecule has 0 aromatic carbocycles. The molecule has 1 aromatic heterocycles. The first-order chi connectivity index (χ1) is 10.2. The Morgan fingerprint density at radius 2 is 2.00 bits per heavy atom. The number of hydrogen-bond donors (Lipinski definition) is 1. The molecule has 0 radical (unpaired) electrons. The monoisotopic (exact) mass is 290 g/mol. The molecule has 1 aliphatic rings. The fourth-order valence-electron chi connectivity index (χ4n) is 3.33. The second-order valence-corrected chi connectivity index (χ2v) is 6.25. The normalized spacial score (nSPS) is 22.3. The zero-order valence-corrected chi connectivity index (χ0v) is 14.0. The number of ether oxygens (including phenoxy) is 1. The predicted octanol–water partition coefficient (Wildman–Crippen LogP) is 4.16. The van der Waals surface area contributed by atoms with Crippen molar-refractivity contribution < 1.29 is 4.74 Å². The molecular weight excluding hydrogens is 260 g/mol. The van der Waals surface area contributed by atoms with E-state index in [0.717, 1.165) is 24.7 Å². The van der Waals surface area contributed by atoms with Crippen LogP contribution in [0.3, 0.4) is 0 Å². The standard InChI is InChI=1S/C18H30N2O/c1-5-15-9-7-8-10-17(15)21-18-16(12-19-6-2)13(3)11-14(4)20-18/h11,15,17,19H,5-10,12H2,1-4H3. The molecule has 2 unspecified atom stereocenters. The third kappa shape index (κ3) is 4.19. The number of aryl methyl sites for hydroxylation is 2. The zero-order chi connectivity index (χ0) is 15.2. The molecule has 3 nitrogen and oxygen atoms in total. The predicted molar refractivity (Wildman–Crippen MR) is 87.8 cm³/mol. The van der Waals surface area contributed by atoms with Crippen molar-refractivity contribution in [2.45, 2.75) is 72.4 Å². The molecule has 21 heavy (non-hydrogen) atoms. The van der Waals surface area contributed by atoms with Crippen LogP contribution in [-0.4, -0.2) is 17.6 Å². The molecule has 1 N–H and O–H groups in total. The van der Waals surface area contributed by atoms with Crippen LogP contribution in [0.4, 0.5) is 0 Å². The quantitative estimate of drug-likeness (QED) is 0.854. The van der Waals surface area contributed by atoms with Gasteiger partial charge in [-0.2, -0.15) is 0 Å². The van der Waals surface area contributed by atoms with E-state index in [4.69, 9.17) is 4.74 Å². The first-order valence-corrected chi connectivity index (χ1v) is 8.50. The molecule has 118 valence electrons. The Labute approximate surface area is 129 Å². The maximum atomic E-state index is 6.40.